The van der Waals surface area contributed by atoms with E-state index in [9.17, 15) is 0 Å². The van der Waals surface area contributed by atoms with Crippen molar-refractivity contribution in [2.75, 3.05) is 0 Å². The van der Waals surface area contributed by atoms with E-state index >= 15 is 0 Å². The van der Waals surface area contributed by atoms with Gasteiger partial charge in [0.05, 0.1) is 14.1 Å². The molecule has 3 aliphatic carbocycles. The minimum atomic E-state index is -0.0458. The number of rotatable bonds is 3. The molecular formula is C59H42S4. The second-order valence-corrected chi connectivity index (χ2v) is 23.8. The number of benzene rings is 7. The average Bonchev–Trinajstić information content (AvgIpc) is 4.16. The van der Waals surface area contributed by atoms with Crippen molar-refractivity contribution in [2.24, 2.45) is 0 Å². The Morgan fingerprint density at radius 3 is 1.30 bits per heavy atom. The first-order chi connectivity index (χ1) is 30.5. The van der Waals surface area contributed by atoms with E-state index in [0.717, 1.165) is 0 Å². The largest absolute Gasteiger partial charge is 0.134 e. The van der Waals surface area contributed by atoms with Crippen molar-refractivity contribution < 1.29 is 0 Å². The van der Waals surface area contributed by atoms with Gasteiger partial charge in [0.15, 0.2) is 0 Å². The van der Waals surface area contributed by atoms with E-state index in [2.05, 4.69) is 187 Å². The monoisotopic (exact) mass is 878 g/mol. The summed E-state index contributed by atoms with van der Waals surface area (Å²) in [7, 11) is 0. The van der Waals surface area contributed by atoms with Crippen molar-refractivity contribution >= 4 is 85.0 Å². The van der Waals surface area contributed by atoms with Gasteiger partial charge >= 0.3 is 0 Å². The van der Waals surface area contributed by atoms with Crippen LogP contribution in [0.3, 0.4) is 0 Å². The van der Waals surface area contributed by atoms with Crippen LogP contribution in [0.25, 0.3) is 104 Å². The fourth-order valence-corrected chi connectivity index (χ4v) is 17.0. The second-order valence-electron chi connectivity index (χ2n) is 19.6. The Morgan fingerprint density at radius 2 is 0.714 bits per heavy atom. The minimum absolute atomic E-state index is 0.00551. The molecule has 0 bridgehead atoms. The van der Waals surface area contributed by atoms with Gasteiger partial charge in [-0.25, -0.2) is 0 Å². The van der Waals surface area contributed by atoms with Crippen LogP contribution >= 0.6 is 45.3 Å². The Balaban J connectivity index is 0.974. The smallest absolute Gasteiger partial charge is 0.0542 e. The number of hydrogen-bond donors (Lipinski definition) is 0. The van der Waals surface area contributed by atoms with Gasteiger partial charge in [0.25, 0.3) is 0 Å². The maximum absolute atomic E-state index is 2.53. The lowest BCUT2D eigenvalue weighted by atomic mass is 9.82. The molecule has 3 aliphatic rings. The van der Waals surface area contributed by atoms with Crippen molar-refractivity contribution in [3.05, 3.63) is 179 Å². The lowest BCUT2D eigenvalue weighted by Crippen LogP contribution is -2.14. The zero-order chi connectivity index (χ0) is 42.3. The van der Waals surface area contributed by atoms with Crippen molar-refractivity contribution in [2.45, 2.75) is 57.8 Å². The van der Waals surface area contributed by atoms with E-state index in [1.165, 1.54) is 138 Å². The van der Waals surface area contributed by atoms with Gasteiger partial charge in [-0.1, -0.05) is 151 Å². The van der Waals surface area contributed by atoms with Gasteiger partial charge in [0.2, 0.25) is 0 Å². The molecule has 11 aromatic rings. The van der Waals surface area contributed by atoms with Crippen molar-refractivity contribution in [1.82, 2.24) is 0 Å². The van der Waals surface area contributed by atoms with E-state index in [1.807, 2.05) is 45.3 Å². The highest BCUT2D eigenvalue weighted by Crippen LogP contribution is 2.57. The molecule has 4 heteroatoms. The van der Waals surface area contributed by atoms with Crippen LogP contribution in [0.1, 0.15) is 74.9 Å². The normalized spacial score (nSPS) is 15.8. The summed E-state index contributed by atoms with van der Waals surface area (Å²) < 4.78 is 7.04. The molecule has 0 saturated carbocycles. The number of fused-ring (bicyclic) bond motifs is 17. The molecule has 0 aliphatic heterocycles. The zero-order valence-corrected chi connectivity index (χ0v) is 39.3. The summed E-state index contributed by atoms with van der Waals surface area (Å²) in [5, 5.41) is 4.21. The van der Waals surface area contributed by atoms with Crippen LogP contribution in [0.15, 0.2) is 146 Å². The highest BCUT2D eigenvalue weighted by Gasteiger charge is 2.38. The van der Waals surface area contributed by atoms with E-state index in [0.29, 0.717) is 0 Å². The highest BCUT2D eigenvalue weighted by atomic mass is 32.1. The summed E-state index contributed by atoms with van der Waals surface area (Å²) >= 11 is 7.94. The fraction of sp³-hybridized carbons (Fsp3) is 0.153. The standard InChI is InChI=1S/C59H42S4/c1-57(2)44-18-12-9-15-36(44)39-25-31(21-24-45(39)57)49-29-41-53-52(56-51(63-53)30-50(62-56)33-20-23-38-35-14-8-11-17-43(35)59(5,6)47(38)27-33)40-28-48(60-54(40)55(41)61-49)32-19-22-37-34-13-7-10-16-42(34)58(3,4)46(37)26-32/h7-30H,1-6H3. The van der Waals surface area contributed by atoms with Crippen molar-refractivity contribution in [3.63, 3.8) is 0 Å². The summed E-state index contributed by atoms with van der Waals surface area (Å²) in [6.45, 7) is 14.3. The third-order valence-corrected chi connectivity index (χ3v) is 20.2. The maximum atomic E-state index is 2.53. The molecule has 302 valence electrons. The predicted octanol–water partition coefficient (Wildman–Crippen LogP) is 18.5. The van der Waals surface area contributed by atoms with Crippen LogP contribution in [0.2, 0.25) is 0 Å². The lowest BCUT2D eigenvalue weighted by molar-refractivity contribution is 0.660. The zero-order valence-electron chi connectivity index (χ0n) is 36.0. The van der Waals surface area contributed by atoms with Gasteiger partial charge < -0.3 is 0 Å². The van der Waals surface area contributed by atoms with Crippen LogP contribution in [-0.4, -0.2) is 0 Å². The molecular weight excluding hydrogens is 837 g/mol. The quantitative estimate of drug-likeness (QED) is 0.166. The fourth-order valence-electron chi connectivity index (χ4n) is 11.8. The summed E-state index contributed by atoms with van der Waals surface area (Å²) in [6.07, 6.45) is 0. The lowest BCUT2D eigenvalue weighted by Gasteiger charge is -2.21. The summed E-state index contributed by atoms with van der Waals surface area (Å²) in [5.74, 6) is 0. The molecule has 0 unspecified atom stereocenters. The van der Waals surface area contributed by atoms with E-state index in [-0.39, 0.29) is 16.2 Å². The molecule has 7 aromatic carbocycles. The topological polar surface area (TPSA) is 0 Å². The molecule has 0 amide bonds. The SMILES string of the molecule is CC1(C)c2ccccc2-c2cc(-c3cc4c(s3)c3sc(-c5ccc6c(c5)C(C)(C)c5ccccc5-6)cc3c3c5sc(-c6ccc7c(c6)C(C)(C)c6ccccc6-7)cc5sc43)ccc21. The molecule has 0 fully saturated rings. The van der Waals surface area contributed by atoms with Crippen molar-refractivity contribution in [3.8, 4) is 64.7 Å². The summed E-state index contributed by atoms with van der Waals surface area (Å²) in [5.41, 5.74) is 20.7. The van der Waals surface area contributed by atoms with Crippen molar-refractivity contribution in [1.29, 1.82) is 0 Å². The molecule has 4 heterocycles. The molecule has 0 nitrogen and oxygen atoms in total. The Labute approximate surface area is 383 Å². The third-order valence-electron chi connectivity index (χ3n) is 15.2. The van der Waals surface area contributed by atoms with E-state index < -0.39 is 0 Å². The third kappa shape index (κ3) is 4.80. The van der Waals surface area contributed by atoms with Gasteiger partial charge in [0, 0.05) is 56.4 Å². The first-order valence-corrected chi connectivity index (χ1v) is 25.3. The Bertz CT molecular complexity index is 3830. The van der Waals surface area contributed by atoms with Gasteiger partial charge in [-0.05, 0) is 120 Å². The summed E-state index contributed by atoms with van der Waals surface area (Å²) in [6, 6.07) is 56.2. The molecule has 0 radical (unpaired) electrons. The first-order valence-electron chi connectivity index (χ1n) is 22.1. The van der Waals surface area contributed by atoms with Crippen LogP contribution in [0.4, 0.5) is 0 Å². The van der Waals surface area contributed by atoms with Crippen LogP contribution in [0, 0.1) is 0 Å². The average molecular weight is 879 g/mol. The second kappa shape index (κ2) is 12.3. The number of thiophene rings is 4. The Hall–Kier alpha value is -5.62. The van der Waals surface area contributed by atoms with Gasteiger partial charge in [-0.2, -0.15) is 0 Å². The van der Waals surface area contributed by atoms with Gasteiger partial charge in [0.1, 0.15) is 0 Å². The molecule has 63 heavy (non-hydrogen) atoms. The Kier molecular flexibility index (Phi) is 7.21. The van der Waals surface area contributed by atoms with Gasteiger partial charge in [-0.15, -0.1) is 45.3 Å². The summed E-state index contributed by atoms with van der Waals surface area (Å²) in [4.78, 5) is 4.04. The van der Waals surface area contributed by atoms with Crippen LogP contribution in [0.5, 0.6) is 0 Å². The van der Waals surface area contributed by atoms with Gasteiger partial charge in [-0.3, -0.25) is 0 Å². The molecule has 0 atom stereocenters. The predicted molar refractivity (Wildman–Crippen MR) is 277 cm³/mol. The minimum Gasteiger partial charge on any atom is -0.134 e. The molecule has 0 N–H and O–H groups in total. The molecule has 14 rings (SSSR count). The van der Waals surface area contributed by atoms with Crippen LogP contribution < -0.4 is 0 Å². The maximum Gasteiger partial charge on any atom is 0.0542 e. The first kappa shape index (κ1) is 36.8. The number of hydrogen-bond acceptors (Lipinski definition) is 4. The highest BCUT2D eigenvalue weighted by molar-refractivity contribution is 7.36. The van der Waals surface area contributed by atoms with E-state index in [1.54, 1.807) is 0 Å². The molecule has 4 aromatic heterocycles. The molecule has 0 saturated heterocycles. The Morgan fingerprint density at radius 1 is 0.302 bits per heavy atom. The van der Waals surface area contributed by atoms with Crippen LogP contribution in [-0.2, 0) is 16.2 Å². The van der Waals surface area contributed by atoms with E-state index in [4.69, 9.17) is 0 Å². The molecule has 0 spiro atoms.